The summed E-state index contributed by atoms with van der Waals surface area (Å²) in [5.74, 6) is 1.83. The van der Waals surface area contributed by atoms with Crippen LogP contribution >= 0.6 is 24.0 Å². The van der Waals surface area contributed by atoms with Crippen molar-refractivity contribution < 1.29 is 12.8 Å². The van der Waals surface area contributed by atoms with E-state index in [4.69, 9.17) is 4.42 Å². The van der Waals surface area contributed by atoms with Gasteiger partial charge < -0.3 is 15.1 Å². The van der Waals surface area contributed by atoms with Crippen LogP contribution in [0.25, 0.3) is 0 Å². The van der Waals surface area contributed by atoms with E-state index >= 15 is 0 Å². The molecule has 0 radical (unpaired) electrons. The molecule has 9 heteroatoms. The Kier molecular flexibility index (Phi) is 10.6. The van der Waals surface area contributed by atoms with Gasteiger partial charge in [0.2, 0.25) is 0 Å². The zero-order valence-electron chi connectivity index (χ0n) is 15.6. The van der Waals surface area contributed by atoms with Gasteiger partial charge in [-0.25, -0.2) is 8.42 Å². The molecule has 1 aromatic rings. The molecule has 0 bridgehead atoms. The molecule has 150 valence electrons. The number of nitrogens with zero attached hydrogens (tertiary/aromatic N) is 2. The smallest absolute Gasteiger partial charge is 0.191 e. The summed E-state index contributed by atoms with van der Waals surface area (Å²) in [4.78, 5) is 6.62. The Bertz CT molecular complexity index is 628. The van der Waals surface area contributed by atoms with Crippen LogP contribution in [-0.4, -0.2) is 64.0 Å². The van der Waals surface area contributed by atoms with Crippen LogP contribution in [0.2, 0.25) is 0 Å². The van der Waals surface area contributed by atoms with E-state index in [1.54, 1.807) is 20.2 Å². The third-order valence-corrected chi connectivity index (χ3v) is 6.24. The van der Waals surface area contributed by atoms with Crippen LogP contribution in [0, 0.1) is 0 Å². The molecule has 0 aromatic carbocycles. The number of rotatable bonds is 8. The summed E-state index contributed by atoms with van der Waals surface area (Å²) in [5, 5.41) is 6.38. The highest BCUT2D eigenvalue weighted by Crippen LogP contribution is 2.24. The lowest BCUT2D eigenvalue weighted by atomic mass is 10.1. The van der Waals surface area contributed by atoms with Crippen molar-refractivity contribution in [3.05, 3.63) is 24.2 Å². The molecule has 1 aromatic heterocycles. The minimum atomic E-state index is -2.98. The van der Waals surface area contributed by atoms with Gasteiger partial charge in [0, 0.05) is 25.9 Å². The first-order valence-corrected chi connectivity index (χ1v) is 10.8. The molecule has 0 aliphatic carbocycles. The largest absolute Gasteiger partial charge is 0.468 e. The third-order valence-electron chi connectivity index (χ3n) is 4.53. The van der Waals surface area contributed by atoms with Crippen molar-refractivity contribution >= 4 is 39.8 Å². The zero-order valence-corrected chi connectivity index (χ0v) is 18.8. The molecular formula is C17H31IN4O3S. The summed E-state index contributed by atoms with van der Waals surface area (Å²) < 4.78 is 28.8. The standard InChI is InChI=1S/C17H30N4O3S.HI/c1-3-25(22,23)13-9-19-17(18-2)20-14-15(16-8-7-12-24-16)21-10-5-4-6-11-21;/h7-8,12,15H,3-6,9-11,13-14H2,1-2H3,(H2,18,19,20);1H. The van der Waals surface area contributed by atoms with Crippen LogP contribution in [0.3, 0.4) is 0 Å². The second-order valence-corrected chi connectivity index (χ2v) is 8.72. The highest BCUT2D eigenvalue weighted by molar-refractivity contribution is 14.0. The number of halogens is 1. The van der Waals surface area contributed by atoms with Gasteiger partial charge in [0.05, 0.1) is 18.1 Å². The molecule has 7 nitrogen and oxygen atoms in total. The quantitative estimate of drug-likeness (QED) is 0.324. The molecule has 1 aliphatic heterocycles. The van der Waals surface area contributed by atoms with Gasteiger partial charge in [-0.05, 0) is 38.1 Å². The average Bonchev–Trinajstić information content (AvgIpc) is 3.15. The van der Waals surface area contributed by atoms with Gasteiger partial charge in [0.15, 0.2) is 15.8 Å². The molecule has 1 fully saturated rings. The second kappa shape index (κ2) is 11.8. The van der Waals surface area contributed by atoms with E-state index in [0.717, 1.165) is 18.8 Å². The van der Waals surface area contributed by atoms with Gasteiger partial charge >= 0.3 is 0 Å². The van der Waals surface area contributed by atoms with Crippen molar-refractivity contribution in [2.45, 2.75) is 32.2 Å². The molecule has 0 spiro atoms. The molecule has 2 N–H and O–H groups in total. The maximum atomic E-state index is 11.6. The van der Waals surface area contributed by atoms with E-state index in [1.807, 2.05) is 12.1 Å². The summed E-state index contributed by atoms with van der Waals surface area (Å²) in [5.41, 5.74) is 0. The van der Waals surface area contributed by atoms with Crippen LogP contribution in [0.5, 0.6) is 0 Å². The minimum Gasteiger partial charge on any atom is -0.468 e. The van der Waals surface area contributed by atoms with Crippen molar-refractivity contribution in [3.8, 4) is 0 Å². The highest BCUT2D eigenvalue weighted by Gasteiger charge is 2.24. The van der Waals surface area contributed by atoms with Gasteiger partial charge in [-0.2, -0.15) is 0 Å². The van der Waals surface area contributed by atoms with Crippen LogP contribution in [0.1, 0.15) is 38.0 Å². The van der Waals surface area contributed by atoms with E-state index in [1.165, 1.54) is 19.3 Å². The fourth-order valence-corrected chi connectivity index (χ4v) is 3.71. The minimum absolute atomic E-state index is 0. The number of likely N-dealkylation sites (tertiary alicyclic amines) is 1. The lowest BCUT2D eigenvalue weighted by molar-refractivity contribution is 0.146. The molecule has 2 rings (SSSR count). The molecule has 26 heavy (non-hydrogen) atoms. The van der Waals surface area contributed by atoms with Crippen LogP contribution in [0.15, 0.2) is 27.8 Å². The van der Waals surface area contributed by atoms with Gasteiger partial charge in [-0.15, -0.1) is 24.0 Å². The summed E-state index contributed by atoms with van der Waals surface area (Å²) in [6.45, 7) is 4.80. The van der Waals surface area contributed by atoms with E-state index in [9.17, 15) is 8.42 Å². The molecule has 1 saturated heterocycles. The highest BCUT2D eigenvalue weighted by atomic mass is 127. The molecule has 1 aliphatic rings. The first kappa shape index (κ1) is 23.2. The monoisotopic (exact) mass is 498 g/mol. The Hall–Kier alpha value is -0.810. The fraction of sp³-hybridized carbons (Fsp3) is 0.706. The van der Waals surface area contributed by atoms with Crippen molar-refractivity contribution in [1.82, 2.24) is 15.5 Å². The Balaban J connectivity index is 0.00000338. The number of furan rings is 1. The Morgan fingerprint density at radius 2 is 2.04 bits per heavy atom. The maximum Gasteiger partial charge on any atom is 0.191 e. The lowest BCUT2D eigenvalue weighted by Crippen LogP contribution is -2.45. The predicted octanol–water partition coefficient (Wildman–Crippen LogP) is 2.02. The summed E-state index contributed by atoms with van der Waals surface area (Å²) in [7, 11) is -1.29. The van der Waals surface area contributed by atoms with Gasteiger partial charge in [-0.3, -0.25) is 9.89 Å². The number of hydrogen-bond acceptors (Lipinski definition) is 5. The topological polar surface area (TPSA) is 86.9 Å². The van der Waals surface area contributed by atoms with Crippen molar-refractivity contribution in [2.75, 3.05) is 44.7 Å². The van der Waals surface area contributed by atoms with Crippen LogP contribution in [-0.2, 0) is 9.84 Å². The average molecular weight is 498 g/mol. The third kappa shape index (κ3) is 7.43. The van der Waals surface area contributed by atoms with E-state index in [-0.39, 0.29) is 41.5 Å². The number of piperidine rings is 1. The van der Waals surface area contributed by atoms with Crippen LogP contribution < -0.4 is 10.6 Å². The van der Waals surface area contributed by atoms with Gasteiger partial charge in [0.25, 0.3) is 0 Å². The van der Waals surface area contributed by atoms with Gasteiger partial charge in [-0.1, -0.05) is 13.3 Å². The first-order chi connectivity index (χ1) is 12.1. The molecular weight excluding hydrogens is 467 g/mol. The number of sulfone groups is 1. The van der Waals surface area contributed by atoms with Crippen molar-refractivity contribution in [3.63, 3.8) is 0 Å². The molecule has 1 atom stereocenters. The lowest BCUT2D eigenvalue weighted by Gasteiger charge is -2.33. The van der Waals surface area contributed by atoms with Gasteiger partial charge in [0.1, 0.15) is 5.76 Å². The molecule has 1 unspecified atom stereocenters. The van der Waals surface area contributed by atoms with Crippen molar-refractivity contribution in [2.24, 2.45) is 4.99 Å². The first-order valence-electron chi connectivity index (χ1n) is 8.98. The molecule has 2 heterocycles. The van der Waals surface area contributed by atoms with E-state index < -0.39 is 9.84 Å². The summed E-state index contributed by atoms with van der Waals surface area (Å²) >= 11 is 0. The molecule has 0 saturated carbocycles. The van der Waals surface area contributed by atoms with Crippen molar-refractivity contribution in [1.29, 1.82) is 0 Å². The van der Waals surface area contributed by atoms with E-state index in [0.29, 0.717) is 19.0 Å². The summed E-state index contributed by atoms with van der Waals surface area (Å²) in [6.07, 6.45) is 5.40. The number of guanidine groups is 1. The predicted molar refractivity (Wildman–Crippen MR) is 116 cm³/mol. The van der Waals surface area contributed by atoms with E-state index in [2.05, 4.69) is 20.5 Å². The number of nitrogens with one attached hydrogen (secondary N) is 2. The normalized spacial score (nSPS) is 17.4. The molecule has 0 amide bonds. The number of hydrogen-bond donors (Lipinski definition) is 2. The number of aliphatic imine (C=N–C) groups is 1. The Morgan fingerprint density at radius 1 is 1.31 bits per heavy atom. The zero-order chi connectivity index (χ0) is 18.1. The summed E-state index contributed by atoms with van der Waals surface area (Å²) in [6, 6.07) is 4.06. The van der Waals surface area contributed by atoms with Crippen LogP contribution in [0.4, 0.5) is 0 Å². The SMILES string of the molecule is CCS(=O)(=O)CCNC(=NC)NCC(c1ccco1)N1CCCCC1.I. The Labute approximate surface area is 173 Å². The maximum absolute atomic E-state index is 11.6. The second-order valence-electron chi connectivity index (χ2n) is 6.24. The fourth-order valence-electron chi connectivity index (χ4n) is 3.00. The Morgan fingerprint density at radius 3 is 2.62 bits per heavy atom.